The van der Waals surface area contributed by atoms with Crippen LogP contribution in [0.5, 0.6) is 0 Å². The summed E-state index contributed by atoms with van der Waals surface area (Å²) in [7, 11) is 3.21. The number of methoxy groups -OCH3 is 1. The Morgan fingerprint density at radius 1 is 1.37 bits per heavy atom. The summed E-state index contributed by atoms with van der Waals surface area (Å²) in [5, 5.41) is 16.3. The zero-order chi connectivity index (χ0) is 21.8. The van der Waals surface area contributed by atoms with Crippen molar-refractivity contribution in [1.29, 1.82) is 0 Å². The van der Waals surface area contributed by atoms with E-state index in [0.29, 0.717) is 36.5 Å². The molecule has 2 amide bonds. The molecule has 1 saturated carbocycles. The summed E-state index contributed by atoms with van der Waals surface area (Å²) < 4.78 is 26.5. The molecule has 2 aromatic rings. The van der Waals surface area contributed by atoms with Gasteiger partial charge in [-0.25, -0.2) is 9.18 Å². The predicted octanol–water partition coefficient (Wildman–Crippen LogP) is 2.26. The summed E-state index contributed by atoms with van der Waals surface area (Å²) in [6.07, 6.45) is -1.89. The van der Waals surface area contributed by atoms with E-state index in [0.717, 1.165) is 0 Å². The second-order valence-electron chi connectivity index (χ2n) is 7.61. The van der Waals surface area contributed by atoms with E-state index in [9.17, 15) is 14.0 Å². The molecule has 1 aliphatic carbocycles. The van der Waals surface area contributed by atoms with Crippen LogP contribution < -0.4 is 10.6 Å². The van der Waals surface area contributed by atoms with Crippen LogP contribution in [-0.2, 0) is 23.1 Å². The van der Waals surface area contributed by atoms with Crippen LogP contribution in [0, 0.1) is 0 Å². The lowest BCUT2D eigenvalue weighted by Gasteiger charge is -2.18. The lowest BCUT2D eigenvalue weighted by molar-refractivity contribution is 0.0555. The molecule has 3 N–H and O–H groups in total. The summed E-state index contributed by atoms with van der Waals surface area (Å²) in [5.41, 5.74) is 1.52. The molecule has 0 aliphatic heterocycles. The van der Waals surface area contributed by atoms with Gasteiger partial charge in [0.1, 0.15) is 18.0 Å². The number of hydrogen-bond donors (Lipinski definition) is 3. The molecule has 0 spiro atoms. The van der Waals surface area contributed by atoms with E-state index < -0.39 is 24.3 Å². The van der Waals surface area contributed by atoms with Crippen molar-refractivity contribution in [3.8, 4) is 0 Å². The van der Waals surface area contributed by atoms with Crippen LogP contribution in [0.25, 0.3) is 0 Å². The van der Waals surface area contributed by atoms with Gasteiger partial charge in [0.15, 0.2) is 5.82 Å². The third-order valence-corrected chi connectivity index (χ3v) is 4.86. The minimum Gasteiger partial charge on any atom is -0.443 e. The Hall–Kier alpha value is -2.95. The third-order valence-electron chi connectivity index (χ3n) is 4.86. The van der Waals surface area contributed by atoms with Crippen molar-refractivity contribution < 1.29 is 23.5 Å². The molecule has 3 rings (SSSR count). The molecule has 0 saturated heterocycles. The van der Waals surface area contributed by atoms with Crippen molar-refractivity contribution in [3.63, 3.8) is 0 Å². The molecule has 0 radical (unpaired) electrons. The highest BCUT2D eigenvalue weighted by Gasteiger charge is 2.41. The van der Waals surface area contributed by atoms with E-state index in [1.807, 2.05) is 0 Å². The van der Waals surface area contributed by atoms with Crippen molar-refractivity contribution in [2.75, 3.05) is 12.4 Å². The first-order valence-electron chi connectivity index (χ1n) is 9.78. The smallest absolute Gasteiger partial charge is 0.407 e. The van der Waals surface area contributed by atoms with E-state index >= 15 is 0 Å². The molecule has 10 nitrogen and oxygen atoms in total. The molecule has 3 atom stereocenters. The summed E-state index contributed by atoms with van der Waals surface area (Å²) in [6, 6.07) is 3.14. The highest BCUT2D eigenvalue weighted by molar-refractivity contribution is 6.02. The lowest BCUT2D eigenvalue weighted by Crippen LogP contribution is -2.36. The minimum absolute atomic E-state index is 0.0865. The van der Waals surface area contributed by atoms with Crippen LogP contribution in [-0.4, -0.2) is 57.4 Å². The SMILES string of the molecule is COCc1cc(C(=O)Nc2cc([C@@H]3CC[C@@H](OC(=O)NC(C)C)[C@H]3F)[nH]n2)n(C)n1. The Morgan fingerprint density at radius 3 is 2.83 bits per heavy atom. The highest BCUT2D eigenvalue weighted by atomic mass is 19.1. The Labute approximate surface area is 173 Å². The fraction of sp³-hybridized carbons (Fsp3) is 0.579. The Kier molecular flexibility index (Phi) is 6.70. The van der Waals surface area contributed by atoms with Gasteiger partial charge in [0.05, 0.1) is 12.3 Å². The number of amides is 2. The van der Waals surface area contributed by atoms with Crippen LogP contribution in [0.2, 0.25) is 0 Å². The number of hydrogen-bond acceptors (Lipinski definition) is 6. The topological polar surface area (TPSA) is 123 Å². The van der Waals surface area contributed by atoms with E-state index in [1.54, 1.807) is 40.1 Å². The molecule has 2 heterocycles. The van der Waals surface area contributed by atoms with E-state index in [-0.39, 0.29) is 17.8 Å². The number of aromatic amines is 1. The van der Waals surface area contributed by atoms with Crippen LogP contribution in [0.4, 0.5) is 15.0 Å². The van der Waals surface area contributed by atoms with Crippen molar-refractivity contribution in [1.82, 2.24) is 25.3 Å². The van der Waals surface area contributed by atoms with Gasteiger partial charge in [-0.05, 0) is 32.8 Å². The fourth-order valence-electron chi connectivity index (χ4n) is 3.51. The minimum atomic E-state index is -1.36. The second-order valence-corrected chi connectivity index (χ2v) is 7.61. The molecule has 11 heteroatoms. The van der Waals surface area contributed by atoms with Crippen molar-refractivity contribution >= 4 is 17.8 Å². The van der Waals surface area contributed by atoms with Gasteiger partial charge in [-0.3, -0.25) is 14.6 Å². The normalized spacial score (nSPS) is 21.1. The van der Waals surface area contributed by atoms with Gasteiger partial charge >= 0.3 is 6.09 Å². The average Bonchev–Trinajstić information content (AvgIpc) is 3.35. The maximum absolute atomic E-state index is 14.8. The number of rotatable bonds is 7. The van der Waals surface area contributed by atoms with Crippen molar-refractivity contribution in [2.45, 2.75) is 57.5 Å². The Bertz CT molecular complexity index is 895. The number of carbonyl (C=O) groups excluding carboxylic acids is 2. The van der Waals surface area contributed by atoms with Gasteiger partial charge in [-0.2, -0.15) is 10.2 Å². The molecular weight excluding hydrogens is 395 g/mol. The van der Waals surface area contributed by atoms with E-state index in [1.165, 1.54) is 4.68 Å². The van der Waals surface area contributed by atoms with Gasteiger partial charge < -0.3 is 20.1 Å². The van der Waals surface area contributed by atoms with Crippen LogP contribution in [0.15, 0.2) is 12.1 Å². The number of H-pyrrole nitrogens is 1. The second kappa shape index (κ2) is 9.24. The zero-order valence-electron chi connectivity index (χ0n) is 17.4. The molecule has 30 heavy (non-hydrogen) atoms. The number of aryl methyl sites for hydroxylation is 1. The van der Waals surface area contributed by atoms with Gasteiger partial charge in [0.2, 0.25) is 0 Å². The van der Waals surface area contributed by atoms with Crippen molar-refractivity contribution in [3.05, 3.63) is 29.2 Å². The summed E-state index contributed by atoms with van der Waals surface area (Å²) in [5.74, 6) is -0.608. The number of nitrogens with zero attached hydrogens (tertiary/aromatic N) is 3. The number of anilines is 1. The molecule has 0 unspecified atom stereocenters. The van der Waals surface area contributed by atoms with Crippen LogP contribution >= 0.6 is 0 Å². The first kappa shape index (κ1) is 21.8. The Morgan fingerprint density at radius 2 is 2.13 bits per heavy atom. The molecule has 0 bridgehead atoms. The number of ether oxygens (including phenoxy) is 2. The molecule has 1 fully saturated rings. The molecule has 1 aliphatic rings. The number of carbonyl (C=O) groups is 2. The number of aromatic nitrogens is 4. The number of alkyl halides is 1. The molecule has 0 aromatic carbocycles. The lowest BCUT2D eigenvalue weighted by atomic mass is 10.0. The van der Waals surface area contributed by atoms with Crippen molar-refractivity contribution in [2.24, 2.45) is 7.05 Å². The fourth-order valence-corrected chi connectivity index (χ4v) is 3.51. The Balaban J connectivity index is 1.61. The van der Waals surface area contributed by atoms with Crippen LogP contribution in [0.3, 0.4) is 0 Å². The molecule has 2 aromatic heterocycles. The number of alkyl carbamates (subject to hydrolysis) is 1. The standard InChI is InChI=1S/C19H27FN6O4/c1-10(2)21-19(28)30-15-6-5-12(17(15)20)13-8-16(24-23-13)22-18(27)14-7-11(9-29-4)25-26(14)3/h7-8,10,12,15,17H,5-6,9H2,1-4H3,(H,21,28)(H2,22,23,24,27)/t12-,15+,17-/m0/s1. The molecular formula is C19H27FN6O4. The number of halogens is 1. The summed E-state index contributed by atoms with van der Waals surface area (Å²) >= 11 is 0. The maximum Gasteiger partial charge on any atom is 0.407 e. The van der Waals surface area contributed by atoms with Crippen LogP contribution in [0.1, 0.15) is 54.5 Å². The summed E-state index contributed by atoms with van der Waals surface area (Å²) in [4.78, 5) is 24.2. The average molecular weight is 422 g/mol. The highest BCUT2D eigenvalue weighted by Crippen LogP contribution is 2.38. The zero-order valence-corrected chi connectivity index (χ0v) is 17.4. The van der Waals surface area contributed by atoms with E-state index in [2.05, 4.69) is 25.9 Å². The van der Waals surface area contributed by atoms with Gasteiger partial charge in [0.25, 0.3) is 5.91 Å². The monoisotopic (exact) mass is 422 g/mol. The molecule has 164 valence electrons. The first-order chi connectivity index (χ1) is 14.3. The largest absolute Gasteiger partial charge is 0.443 e. The predicted molar refractivity (Wildman–Crippen MR) is 106 cm³/mol. The number of nitrogens with one attached hydrogen (secondary N) is 3. The first-order valence-corrected chi connectivity index (χ1v) is 9.78. The summed E-state index contributed by atoms with van der Waals surface area (Å²) in [6.45, 7) is 3.90. The van der Waals surface area contributed by atoms with E-state index in [4.69, 9.17) is 9.47 Å². The van der Waals surface area contributed by atoms with Gasteiger partial charge in [0, 0.05) is 37.9 Å². The third kappa shape index (κ3) is 4.96. The quantitative estimate of drug-likeness (QED) is 0.629. The maximum atomic E-state index is 14.8. The van der Waals surface area contributed by atoms with Gasteiger partial charge in [-0.1, -0.05) is 0 Å². The van der Waals surface area contributed by atoms with Gasteiger partial charge in [-0.15, -0.1) is 0 Å².